The van der Waals surface area contributed by atoms with Crippen molar-refractivity contribution in [2.45, 2.75) is 38.5 Å². The summed E-state index contributed by atoms with van der Waals surface area (Å²) in [5.41, 5.74) is 0.671. The molecule has 0 spiro atoms. The van der Waals surface area contributed by atoms with Crippen molar-refractivity contribution >= 4 is 11.8 Å². The monoisotopic (exact) mass is 286 g/mol. The average Bonchev–Trinajstić information content (AvgIpc) is 2.44. The van der Waals surface area contributed by atoms with Gasteiger partial charge < -0.3 is 10.4 Å². The molecule has 0 radical (unpaired) electrons. The van der Waals surface area contributed by atoms with Crippen LogP contribution in [0.4, 0.5) is 5.82 Å². The summed E-state index contributed by atoms with van der Waals surface area (Å²) in [6.45, 7) is 0.883. The molecule has 1 aromatic rings. The minimum absolute atomic E-state index is 0.280. The van der Waals surface area contributed by atoms with Crippen molar-refractivity contribution in [2.24, 2.45) is 23.2 Å². The first-order valence-electron chi connectivity index (χ1n) is 8.06. The molecule has 4 heteroatoms. The lowest BCUT2D eigenvalue weighted by atomic mass is 9.49. The van der Waals surface area contributed by atoms with Gasteiger partial charge in [0.25, 0.3) is 0 Å². The number of anilines is 1. The highest BCUT2D eigenvalue weighted by Crippen LogP contribution is 2.59. The van der Waals surface area contributed by atoms with Gasteiger partial charge in [0, 0.05) is 12.7 Å². The predicted octanol–water partition coefficient (Wildman–Crippen LogP) is 3.41. The highest BCUT2D eigenvalue weighted by Gasteiger charge is 2.50. The van der Waals surface area contributed by atoms with Gasteiger partial charge in [-0.1, -0.05) is 0 Å². The van der Waals surface area contributed by atoms with Crippen LogP contribution in [-0.4, -0.2) is 22.6 Å². The molecule has 4 aliphatic carbocycles. The number of aromatic nitrogens is 1. The van der Waals surface area contributed by atoms with Gasteiger partial charge in [-0.2, -0.15) is 0 Å². The van der Waals surface area contributed by atoms with E-state index in [0.717, 1.165) is 24.3 Å². The Morgan fingerprint density at radius 3 is 2.43 bits per heavy atom. The second kappa shape index (κ2) is 4.72. The molecule has 0 aliphatic heterocycles. The number of aromatic carboxylic acids is 1. The zero-order valence-electron chi connectivity index (χ0n) is 12.2. The standard InChI is InChI=1S/C17H22N2O2/c20-16(21)14-2-1-3-18-15(14)19-10-17-7-11-4-12(8-17)6-13(5-11)9-17/h1-3,11-13H,4-10H2,(H,18,19)(H,20,21). The van der Waals surface area contributed by atoms with Crippen LogP contribution in [0.2, 0.25) is 0 Å². The lowest BCUT2D eigenvalue weighted by Gasteiger charge is -2.57. The summed E-state index contributed by atoms with van der Waals surface area (Å²) in [4.78, 5) is 15.5. The van der Waals surface area contributed by atoms with Crippen molar-refractivity contribution in [3.63, 3.8) is 0 Å². The SMILES string of the molecule is O=C(O)c1cccnc1NCC12CC3CC(CC(C3)C1)C2. The molecule has 4 fully saturated rings. The van der Waals surface area contributed by atoms with E-state index in [2.05, 4.69) is 10.3 Å². The number of pyridine rings is 1. The first kappa shape index (κ1) is 13.1. The Hall–Kier alpha value is -1.58. The summed E-state index contributed by atoms with van der Waals surface area (Å²) >= 11 is 0. The normalized spacial score (nSPS) is 36.7. The van der Waals surface area contributed by atoms with E-state index in [4.69, 9.17) is 0 Å². The summed E-state index contributed by atoms with van der Waals surface area (Å²) in [6, 6.07) is 3.30. The maximum absolute atomic E-state index is 11.3. The van der Waals surface area contributed by atoms with Crippen LogP contribution in [0.5, 0.6) is 0 Å². The average molecular weight is 286 g/mol. The molecule has 1 aromatic heterocycles. The van der Waals surface area contributed by atoms with Gasteiger partial charge >= 0.3 is 5.97 Å². The maximum atomic E-state index is 11.3. The van der Waals surface area contributed by atoms with Crippen molar-refractivity contribution < 1.29 is 9.90 Å². The van der Waals surface area contributed by atoms with Crippen LogP contribution in [0.15, 0.2) is 18.3 Å². The molecule has 112 valence electrons. The lowest BCUT2D eigenvalue weighted by molar-refractivity contribution is -0.0444. The molecule has 2 N–H and O–H groups in total. The smallest absolute Gasteiger partial charge is 0.339 e. The number of rotatable bonds is 4. The molecule has 0 unspecified atom stereocenters. The highest BCUT2D eigenvalue weighted by atomic mass is 16.4. The van der Waals surface area contributed by atoms with Crippen LogP contribution in [0.1, 0.15) is 48.9 Å². The van der Waals surface area contributed by atoms with Gasteiger partial charge in [-0.3, -0.25) is 0 Å². The maximum Gasteiger partial charge on any atom is 0.339 e. The largest absolute Gasteiger partial charge is 0.478 e. The van der Waals surface area contributed by atoms with E-state index in [1.165, 1.54) is 38.5 Å². The number of carbonyl (C=O) groups is 1. The molecule has 0 saturated heterocycles. The van der Waals surface area contributed by atoms with Gasteiger partial charge in [-0.05, 0) is 73.8 Å². The minimum atomic E-state index is -0.906. The topological polar surface area (TPSA) is 62.2 Å². The highest BCUT2D eigenvalue weighted by molar-refractivity contribution is 5.92. The number of carboxylic acid groups (broad SMARTS) is 1. The fourth-order valence-electron chi connectivity index (χ4n) is 5.50. The van der Waals surface area contributed by atoms with E-state index in [-0.39, 0.29) is 5.56 Å². The van der Waals surface area contributed by atoms with Crippen molar-refractivity contribution in [1.82, 2.24) is 4.98 Å². The molecule has 5 rings (SSSR count). The molecule has 4 saturated carbocycles. The zero-order chi connectivity index (χ0) is 14.4. The second-order valence-corrected chi connectivity index (χ2v) is 7.48. The van der Waals surface area contributed by atoms with Crippen molar-refractivity contribution in [3.8, 4) is 0 Å². The van der Waals surface area contributed by atoms with Gasteiger partial charge in [-0.25, -0.2) is 9.78 Å². The molecule has 21 heavy (non-hydrogen) atoms. The Bertz CT molecular complexity index is 534. The summed E-state index contributed by atoms with van der Waals surface area (Å²) < 4.78 is 0. The van der Waals surface area contributed by atoms with E-state index < -0.39 is 5.97 Å². The number of hydrogen-bond donors (Lipinski definition) is 2. The Balaban J connectivity index is 1.51. The molecule has 4 nitrogen and oxygen atoms in total. The van der Waals surface area contributed by atoms with Crippen LogP contribution < -0.4 is 5.32 Å². The minimum Gasteiger partial charge on any atom is -0.478 e. The molecule has 4 aliphatic rings. The van der Waals surface area contributed by atoms with Crippen LogP contribution in [0, 0.1) is 23.2 Å². The van der Waals surface area contributed by atoms with E-state index in [0.29, 0.717) is 11.2 Å². The quantitative estimate of drug-likeness (QED) is 0.890. The van der Waals surface area contributed by atoms with E-state index in [9.17, 15) is 9.90 Å². The van der Waals surface area contributed by atoms with Gasteiger partial charge in [0.1, 0.15) is 11.4 Å². The van der Waals surface area contributed by atoms with E-state index in [1.807, 2.05) is 0 Å². The Morgan fingerprint density at radius 2 is 1.86 bits per heavy atom. The van der Waals surface area contributed by atoms with Gasteiger partial charge in [0.05, 0.1) is 0 Å². The predicted molar refractivity (Wildman–Crippen MR) is 80.3 cm³/mol. The third-order valence-corrected chi connectivity index (χ3v) is 5.83. The number of nitrogens with one attached hydrogen (secondary N) is 1. The van der Waals surface area contributed by atoms with Crippen molar-refractivity contribution in [1.29, 1.82) is 0 Å². The molecule has 4 bridgehead atoms. The van der Waals surface area contributed by atoms with E-state index >= 15 is 0 Å². The van der Waals surface area contributed by atoms with Crippen molar-refractivity contribution in [3.05, 3.63) is 23.9 Å². The second-order valence-electron chi connectivity index (χ2n) is 7.48. The Kier molecular flexibility index (Phi) is 2.95. The third kappa shape index (κ3) is 2.30. The van der Waals surface area contributed by atoms with Gasteiger partial charge in [-0.15, -0.1) is 0 Å². The van der Waals surface area contributed by atoms with Crippen molar-refractivity contribution in [2.75, 3.05) is 11.9 Å². The molecule has 0 atom stereocenters. The molecular weight excluding hydrogens is 264 g/mol. The number of nitrogens with zero attached hydrogens (tertiary/aromatic N) is 1. The Labute approximate surface area is 125 Å². The van der Waals surface area contributed by atoms with Crippen LogP contribution >= 0.6 is 0 Å². The van der Waals surface area contributed by atoms with Gasteiger partial charge in [0.2, 0.25) is 0 Å². The lowest BCUT2D eigenvalue weighted by Crippen LogP contribution is -2.49. The molecule has 1 heterocycles. The third-order valence-electron chi connectivity index (χ3n) is 5.83. The summed E-state index contributed by atoms with van der Waals surface area (Å²) in [5, 5.41) is 12.6. The number of hydrogen-bond acceptors (Lipinski definition) is 3. The fraction of sp³-hybridized carbons (Fsp3) is 0.647. The van der Waals surface area contributed by atoms with Gasteiger partial charge in [0.15, 0.2) is 0 Å². The number of carboxylic acids is 1. The summed E-state index contributed by atoms with van der Waals surface area (Å²) in [5.74, 6) is 2.37. The fourth-order valence-corrected chi connectivity index (χ4v) is 5.50. The van der Waals surface area contributed by atoms with Crippen LogP contribution in [-0.2, 0) is 0 Å². The van der Waals surface area contributed by atoms with E-state index in [1.54, 1.807) is 18.3 Å². The Morgan fingerprint density at radius 1 is 1.24 bits per heavy atom. The first-order chi connectivity index (χ1) is 10.1. The molecule has 0 aromatic carbocycles. The molecule has 0 amide bonds. The summed E-state index contributed by atoms with van der Waals surface area (Å²) in [7, 11) is 0. The van der Waals surface area contributed by atoms with Crippen LogP contribution in [0.3, 0.4) is 0 Å². The summed E-state index contributed by atoms with van der Waals surface area (Å²) in [6.07, 6.45) is 9.92. The molecular formula is C17H22N2O2. The van der Waals surface area contributed by atoms with Crippen LogP contribution in [0.25, 0.3) is 0 Å². The zero-order valence-corrected chi connectivity index (χ0v) is 12.2. The first-order valence-corrected chi connectivity index (χ1v) is 8.06.